The smallest absolute Gasteiger partial charge is 0.326 e. The molecule has 0 radical (unpaired) electrons. The van der Waals surface area contributed by atoms with Gasteiger partial charge >= 0.3 is 5.69 Å². The van der Waals surface area contributed by atoms with Gasteiger partial charge in [0, 0.05) is 64.1 Å². The van der Waals surface area contributed by atoms with E-state index < -0.39 is 6.29 Å². The monoisotopic (exact) mass is 759 g/mol. The van der Waals surface area contributed by atoms with Crippen LogP contribution in [0.15, 0.2) is 102 Å². The van der Waals surface area contributed by atoms with Crippen molar-refractivity contribution >= 4 is 22.8 Å². The first-order chi connectivity index (χ1) is 27.3. The quantitative estimate of drug-likeness (QED) is 0.0874. The third kappa shape index (κ3) is 9.83. The van der Waals surface area contributed by atoms with Gasteiger partial charge in [-0.1, -0.05) is 91.3 Å². The molecular formula is C45H53N5O6. The lowest BCUT2D eigenvalue weighted by molar-refractivity contribution is -0.253. The summed E-state index contributed by atoms with van der Waals surface area (Å²) in [5.74, 6) is -0.0111. The van der Waals surface area contributed by atoms with E-state index in [-0.39, 0.29) is 42.4 Å². The Hall–Kier alpha value is -5.07. The SMILES string of the molecule is CC(=O)NCCCCCC(=O)NCc1ccccc1-c1ccc([C@H]2O[C@@H](CN3CCC(n4c(=O)[nH]c5ccccc54)CC3)C[C@@H](c3ccc(CO)cc3)O2)cc1. The number of amides is 2. The van der Waals surface area contributed by atoms with Crippen LogP contribution in [0, 0.1) is 0 Å². The fourth-order valence-corrected chi connectivity index (χ4v) is 8.03. The largest absolute Gasteiger partial charge is 0.392 e. The molecule has 2 amide bonds. The zero-order valence-electron chi connectivity index (χ0n) is 32.1. The lowest BCUT2D eigenvalue weighted by Crippen LogP contribution is -2.43. The van der Waals surface area contributed by atoms with Crippen LogP contribution in [-0.4, -0.2) is 63.7 Å². The van der Waals surface area contributed by atoms with Crippen LogP contribution >= 0.6 is 0 Å². The number of piperidine rings is 1. The van der Waals surface area contributed by atoms with Crippen LogP contribution in [0.25, 0.3) is 22.2 Å². The van der Waals surface area contributed by atoms with Gasteiger partial charge in [0.25, 0.3) is 0 Å². The first-order valence-corrected chi connectivity index (χ1v) is 20.0. The topological polar surface area (TPSA) is 138 Å². The highest BCUT2D eigenvalue weighted by Crippen LogP contribution is 2.39. The molecule has 4 N–H and O–H groups in total. The van der Waals surface area contributed by atoms with E-state index >= 15 is 0 Å². The molecule has 2 fully saturated rings. The van der Waals surface area contributed by atoms with E-state index in [1.165, 1.54) is 6.92 Å². The lowest BCUT2D eigenvalue weighted by atomic mass is 9.97. The van der Waals surface area contributed by atoms with Crippen LogP contribution in [0.2, 0.25) is 0 Å². The van der Waals surface area contributed by atoms with E-state index in [0.29, 0.717) is 25.9 Å². The minimum atomic E-state index is -0.569. The Morgan fingerprint density at radius 2 is 1.57 bits per heavy atom. The number of benzene rings is 4. The number of nitrogens with zero attached hydrogens (tertiary/aromatic N) is 2. The van der Waals surface area contributed by atoms with Gasteiger partial charge in [0.1, 0.15) is 0 Å². The summed E-state index contributed by atoms with van der Waals surface area (Å²) in [6.45, 7) is 5.07. The van der Waals surface area contributed by atoms with Crippen LogP contribution in [0.1, 0.15) is 92.6 Å². The van der Waals surface area contributed by atoms with E-state index in [2.05, 4.69) is 50.8 Å². The van der Waals surface area contributed by atoms with Crippen LogP contribution in [0.4, 0.5) is 0 Å². The molecule has 0 spiro atoms. The first kappa shape index (κ1) is 39.2. The number of aromatic nitrogens is 2. The molecule has 5 aromatic rings. The number of aliphatic hydroxyl groups excluding tert-OH is 1. The number of carbonyl (C=O) groups is 2. The fourth-order valence-electron chi connectivity index (χ4n) is 8.03. The second kappa shape index (κ2) is 18.7. The summed E-state index contributed by atoms with van der Waals surface area (Å²) >= 11 is 0. The minimum absolute atomic E-state index is 0.00916. The average Bonchev–Trinajstić information content (AvgIpc) is 3.57. The van der Waals surface area contributed by atoms with Crippen LogP contribution in [-0.2, 0) is 32.2 Å². The third-order valence-electron chi connectivity index (χ3n) is 11.1. The summed E-state index contributed by atoms with van der Waals surface area (Å²) in [6.07, 6.45) is 4.61. The van der Waals surface area contributed by atoms with Crippen molar-refractivity contribution in [1.82, 2.24) is 25.1 Å². The van der Waals surface area contributed by atoms with Gasteiger partial charge in [-0.25, -0.2) is 4.79 Å². The van der Waals surface area contributed by atoms with E-state index in [9.17, 15) is 19.5 Å². The van der Waals surface area contributed by atoms with Gasteiger partial charge in [0.15, 0.2) is 6.29 Å². The van der Waals surface area contributed by atoms with E-state index in [1.54, 1.807) is 0 Å². The van der Waals surface area contributed by atoms with Crippen molar-refractivity contribution < 1.29 is 24.2 Å². The summed E-state index contributed by atoms with van der Waals surface area (Å²) in [5.41, 5.74) is 7.76. The van der Waals surface area contributed by atoms with E-state index in [1.807, 2.05) is 71.3 Å². The Bertz CT molecular complexity index is 2120. The van der Waals surface area contributed by atoms with Crippen molar-refractivity contribution in [3.05, 3.63) is 130 Å². The number of imidazole rings is 1. The molecule has 2 saturated heterocycles. The van der Waals surface area contributed by atoms with Crippen LogP contribution in [0.5, 0.6) is 0 Å². The molecule has 3 heterocycles. The van der Waals surface area contributed by atoms with Crippen molar-refractivity contribution in [3.63, 3.8) is 0 Å². The summed E-state index contributed by atoms with van der Waals surface area (Å²) in [6, 6.07) is 32.4. The summed E-state index contributed by atoms with van der Waals surface area (Å²) in [5, 5.41) is 15.5. The van der Waals surface area contributed by atoms with Crippen molar-refractivity contribution in [2.24, 2.45) is 0 Å². The molecular weight excluding hydrogens is 707 g/mol. The maximum absolute atomic E-state index is 12.9. The number of ether oxygens (including phenoxy) is 2. The zero-order chi connectivity index (χ0) is 38.9. The summed E-state index contributed by atoms with van der Waals surface area (Å²) < 4.78 is 15.3. The molecule has 3 atom stereocenters. The van der Waals surface area contributed by atoms with E-state index in [4.69, 9.17) is 9.47 Å². The number of para-hydroxylation sites is 2. The predicted molar refractivity (Wildman–Crippen MR) is 217 cm³/mol. The van der Waals surface area contributed by atoms with Gasteiger partial charge < -0.3 is 35.1 Å². The second-order valence-corrected chi connectivity index (χ2v) is 15.0. The maximum atomic E-state index is 12.9. The van der Waals surface area contributed by atoms with Gasteiger partial charge in [-0.15, -0.1) is 0 Å². The van der Waals surface area contributed by atoms with Gasteiger partial charge in [0.2, 0.25) is 11.8 Å². The number of fused-ring (bicyclic) bond motifs is 1. The predicted octanol–water partition coefficient (Wildman–Crippen LogP) is 6.68. The van der Waals surface area contributed by atoms with Gasteiger partial charge in [-0.2, -0.15) is 0 Å². The lowest BCUT2D eigenvalue weighted by Gasteiger charge is -2.40. The van der Waals surface area contributed by atoms with Gasteiger partial charge in [-0.05, 0) is 65.6 Å². The Morgan fingerprint density at radius 3 is 2.34 bits per heavy atom. The van der Waals surface area contributed by atoms with Crippen LogP contribution < -0.4 is 16.3 Å². The Kier molecular flexibility index (Phi) is 13.1. The summed E-state index contributed by atoms with van der Waals surface area (Å²) in [4.78, 5) is 42.0. The molecule has 7 rings (SSSR count). The normalized spacial score (nSPS) is 19.2. The third-order valence-corrected chi connectivity index (χ3v) is 11.1. The van der Waals surface area contributed by atoms with Gasteiger partial charge in [-0.3, -0.25) is 14.2 Å². The molecule has 11 heteroatoms. The van der Waals surface area contributed by atoms with Gasteiger partial charge in [0.05, 0.1) is 29.8 Å². The number of aliphatic hydroxyl groups is 1. The summed E-state index contributed by atoms with van der Waals surface area (Å²) in [7, 11) is 0. The van der Waals surface area contributed by atoms with Crippen molar-refractivity contribution in [1.29, 1.82) is 0 Å². The van der Waals surface area contributed by atoms with Crippen molar-refractivity contribution in [2.45, 2.75) is 89.6 Å². The highest BCUT2D eigenvalue weighted by Gasteiger charge is 2.34. The number of rotatable bonds is 15. The molecule has 11 nitrogen and oxygen atoms in total. The van der Waals surface area contributed by atoms with Crippen molar-refractivity contribution in [3.8, 4) is 11.1 Å². The number of carbonyl (C=O) groups excluding carboxylic acids is 2. The Labute approximate surface area is 328 Å². The highest BCUT2D eigenvalue weighted by molar-refractivity contribution is 5.77. The highest BCUT2D eigenvalue weighted by atomic mass is 16.7. The average molecular weight is 760 g/mol. The van der Waals surface area contributed by atoms with Crippen molar-refractivity contribution in [2.75, 3.05) is 26.2 Å². The molecule has 0 aliphatic carbocycles. The zero-order valence-corrected chi connectivity index (χ0v) is 32.1. The Balaban J connectivity index is 0.996. The molecule has 2 aliphatic rings. The molecule has 2 aliphatic heterocycles. The number of hydrogen-bond acceptors (Lipinski definition) is 7. The molecule has 1 aromatic heterocycles. The van der Waals surface area contributed by atoms with Crippen LogP contribution in [0.3, 0.4) is 0 Å². The van der Waals surface area contributed by atoms with E-state index in [0.717, 1.165) is 96.2 Å². The number of aromatic amines is 1. The standard InChI is InChI=1S/C45H53N5O6/c1-31(52)46-24-8-2-3-13-43(53)47-28-36-9-4-5-10-39(36)33-18-20-35(21-19-33)44-55-38(27-42(56-44)34-16-14-32(30-51)15-17-34)29-49-25-22-37(23-26-49)50-41-12-7-6-11-40(41)48-45(50)54/h4-7,9-12,14-21,37-38,42,44,51H,2-3,8,13,22-30H2,1H3,(H,46,52)(H,47,53)(H,48,54)/t38-,42+,44+/m1/s1. The molecule has 0 unspecified atom stereocenters. The molecule has 0 saturated carbocycles. The second-order valence-electron chi connectivity index (χ2n) is 15.0. The number of hydrogen-bond donors (Lipinski definition) is 4. The minimum Gasteiger partial charge on any atom is -0.392 e. The number of nitrogens with one attached hydrogen (secondary N) is 3. The maximum Gasteiger partial charge on any atom is 0.326 e. The first-order valence-electron chi connectivity index (χ1n) is 20.0. The molecule has 4 aromatic carbocycles. The number of H-pyrrole nitrogens is 1. The molecule has 294 valence electrons. The fraction of sp³-hybridized carbons (Fsp3) is 0.400. The molecule has 56 heavy (non-hydrogen) atoms. The molecule has 0 bridgehead atoms. The number of likely N-dealkylation sites (tertiary alicyclic amines) is 1. The Morgan fingerprint density at radius 1 is 0.839 bits per heavy atom. The number of unbranched alkanes of at least 4 members (excludes halogenated alkanes) is 2.